The van der Waals surface area contributed by atoms with Crippen molar-refractivity contribution in [2.24, 2.45) is 5.84 Å². The summed E-state index contributed by atoms with van der Waals surface area (Å²) in [7, 11) is -3.64. The van der Waals surface area contributed by atoms with Crippen molar-refractivity contribution in [3.63, 3.8) is 0 Å². The SMILES string of the molecule is NNc1cc(S(=O)(=O)N2CCSCC2)ccc1[N+](=O)[O-]. The number of thioether (sulfide) groups is 1. The Bertz CT molecular complexity index is 614. The number of nitrogens with one attached hydrogen (secondary N) is 1. The first-order valence-electron chi connectivity index (χ1n) is 5.80. The minimum atomic E-state index is -3.64. The maximum absolute atomic E-state index is 12.4. The summed E-state index contributed by atoms with van der Waals surface area (Å²) in [6.45, 7) is 0.880. The van der Waals surface area contributed by atoms with Gasteiger partial charge in [-0.3, -0.25) is 16.0 Å². The Morgan fingerprint density at radius 3 is 2.55 bits per heavy atom. The third-order valence-corrected chi connectivity index (χ3v) is 5.77. The Labute approximate surface area is 120 Å². The van der Waals surface area contributed by atoms with Crippen molar-refractivity contribution >= 4 is 33.2 Å². The van der Waals surface area contributed by atoms with Crippen LogP contribution in [0, 0.1) is 10.1 Å². The van der Waals surface area contributed by atoms with Gasteiger partial charge < -0.3 is 5.43 Å². The molecular weight excluding hydrogens is 304 g/mol. The number of nitro benzene ring substituents is 1. The maximum atomic E-state index is 12.4. The van der Waals surface area contributed by atoms with Gasteiger partial charge in [-0.2, -0.15) is 16.1 Å². The fraction of sp³-hybridized carbons (Fsp3) is 0.400. The highest BCUT2D eigenvalue weighted by atomic mass is 32.2. The Hall–Kier alpha value is -1.36. The van der Waals surface area contributed by atoms with E-state index in [0.29, 0.717) is 13.1 Å². The molecule has 0 saturated carbocycles. The lowest BCUT2D eigenvalue weighted by Gasteiger charge is -2.25. The molecule has 1 aliphatic rings. The van der Waals surface area contributed by atoms with Gasteiger partial charge in [-0.05, 0) is 12.1 Å². The number of rotatable bonds is 4. The van der Waals surface area contributed by atoms with E-state index >= 15 is 0 Å². The summed E-state index contributed by atoms with van der Waals surface area (Å²) in [4.78, 5) is 10.2. The molecule has 8 nitrogen and oxygen atoms in total. The van der Waals surface area contributed by atoms with Crippen molar-refractivity contribution in [2.75, 3.05) is 30.0 Å². The molecule has 1 saturated heterocycles. The fourth-order valence-corrected chi connectivity index (χ4v) is 4.49. The topological polar surface area (TPSA) is 119 Å². The largest absolute Gasteiger partial charge is 0.318 e. The van der Waals surface area contributed by atoms with E-state index in [-0.39, 0.29) is 16.3 Å². The Morgan fingerprint density at radius 1 is 1.35 bits per heavy atom. The van der Waals surface area contributed by atoms with Crippen LogP contribution in [0.5, 0.6) is 0 Å². The lowest BCUT2D eigenvalue weighted by Crippen LogP contribution is -2.37. The molecule has 0 amide bonds. The molecule has 0 aliphatic carbocycles. The van der Waals surface area contributed by atoms with Crippen LogP contribution in [-0.2, 0) is 10.0 Å². The number of hydrogen-bond donors (Lipinski definition) is 2. The summed E-state index contributed by atoms with van der Waals surface area (Å²) in [5, 5.41) is 10.8. The average molecular weight is 318 g/mol. The maximum Gasteiger partial charge on any atom is 0.293 e. The highest BCUT2D eigenvalue weighted by Gasteiger charge is 2.27. The van der Waals surface area contributed by atoms with Gasteiger partial charge in [0.15, 0.2) is 0 Å². The molecule has 110 valence electrons. The molecule has 2 rings (SSSR count). The van der Waals surface area contributed by atoms with Crippen LogP contribution in [0.3, 0.4) is 0 Å². The van der Waals surface area contributed by atoms with Crippen molar-refractivity contribution in [1.29, 1.82) is 0 Å². The van der Waals surface area contributed by atoms with Gasteiger partial charge in [0.1, 0.15) is 5.69 Å². The first kappa shape index (κ1) is 15.0. The van der Waals surface area contributed by atoms with Gasteiger partial charge in [0.2, 0.25) is 10.0 Å². The predicted molar refractivity (Wildman–Crippen MR) is 77.0 cm³/mol. The van der Waals surface area contributed by atoms with Gasteiger partial charge in [-0.25, -0.2) is 8.42 Å². The van der Waals surface area contributed by atoms with Gasteiger partial charge in [-0.15, -0.1) is 0 Å². The van der Waals surface area contributed by atoms with Crippen LogP contribution in [-0.4, -0.2) is 42.2 Å². The Morgan fingerprint density at radius 2 is 2.00 bits per heavy atom. The normalized spacial score (nSPS) is 16.9. The second-order valence-corrected chi connectivity index (χ2v) is 7.26. The molecule has 10 heteroatoms. The van der Waals surface area contributed by atoms with E-state index in [1.807, 2.05) is 0 Å². The van der Waals surface area contributed by atoms with E-state index in [1.165, 1.54) is 16.4 Å². The van der Waals surface area contributed by atoms with Crippen LogP contribution in [0.4, 0.5) is 11.4 Å². The molecule has 3 N–H and O–H groups in total. The summed E-state index contributed by atoms with van der Waals surface area (Å²) in [5.41, 5.74) is 1.87. The molecular formula is C10H14N4O4S2. The van der Waals surface area contributed by atoms with Gasteiger partial charge in [0.05, 0.1) is 9.82 Å². The van der Waals surface area contributed by atoms with Crippen LogP contribution in [0.15, 0.2) is 23.1 Å². The van der Waals surface area contributed by atoms with E-state index in [2.05, 4.69) is 5.43 Å². The molecule has 0 unspecified atom stereocenters. The zero-order chi connectivity index (χ0) is 14.8. The number of nitro groups is 1. The van der Waals surface area contributed by atoms with Crippen LogP contribution in [0.25, 0.3) is 0 Å². The van der Waals surface area contributed by atoms with Gasteiger partial charge in [-0.1, -0.05) is 0 Å². The minimum Gasteiger partial charge on any atom is -0.318 e. The molecule has 0 aromatic heterocycles. The van der Waals surface area contributed by atoms with Crippen molar-refractivity contribution in [3.05, 3.63) is 28.3 Å². The van der Waals surface area contributed by atoms with Crippen molar-refractivity contribution < 1.29 is 13.3 Å². The fourth-order valence-electron chi connectivity index (χ4n) is 1.89. The van der Waals surface area contributed by atoms with Crippen LogP contribution in [0.2, 0.25) is 0 Å². The Kier molecular flexibility index (Phi) is 4.48. The number of hydrazine groups is 1. The molecule has 1 fully saturated rings. The number of nitrogens with two attached hydrogens (primary N) is 1. The van der Waals surface area contributed by atoms with Crippen molar-refractivity contribution in [1.82, 2.24) is 4.31 Å². The number of nitrogens with zero attached hydrogens (tertiary/aromatic N) is 2. The van der Waals surface area contributed by atoms with E-state index in [1.54, 1.807) is 11.8 Å². The molecule has 1 aromatic rings. The number of sulfonamides is 1. The van der Waals surface area contributed by atoms with Crippen LogP contribution < -0.4 is 11.3 Å². The standard InChI is InChI=1S/C10H14N4O4S2/c11-12-9-7-8(1-2-10(9)14(15)16)20(17,18)13-3-5-19-6-4-13/h1-2,7,12H,3-6,11H2. The van der Waals surface area contributed by atoms with Crippen molar-refractivity contribution in [2.45, 2.75) is 4.90 Å². The van der Waals surface area contributed by atoms with Crippen LogP contribution in [0.1, 0.15) is 0 Å². The smallest absolute Gasteiger partial charge is 0.293 e. The van der Waals surface area contributed by atoms with E-state index in [0.717, 1.165) is 17.6 Å². The molecule has 20 heavy (non-hydrogen) atoms. The molecule has 1 aromatic carbocycles. The molecule has 0 spiro atoms. The molecule has 1 heterocycles. The molecule has 0 radical (unpaired) electrons. The average Bonchev–Trinajstić information content (AvgIpc) is 2.47. The van der Waals surface area contributed by atoms with E-state index in [9.17, 15) is 18.5 Å². The third-order valence-electron chi connectivity index (χ3n) is 2.93. The summed E-state index contributed by atoms with van der Waals surface area (Å²) in [6, 6.07) is 3.56. The second kappa shape index (κ2) is 5.95. The summed E-state index contributed by atoms with van der Waals surface area (Å²) >= 11 is 1.70. The minimum absolute atomic E-state index is 0.00273. The zero-order valence-corrected chi connectivity index (χ0v) is 12.1. The number of anilines is 1. The quantitative estimate of drug-likeness (QED) is 0.474. The first-order valence-corrected chi connectivity index (χ1v) is 8.39. The lowest BCUT2D eigenvalue weighted by atomic mass is 10.3. The Balaban J connectivity index is 2.39. The summed E-state index contributed by atoms with van der Waals surface area (Å²) in [6.07, 6.45) is 0. The monoisotopic (exact) mass is 318 g/mol. The van der Waals surface area contributed by atoms with Gasteiger partial charge in [0, 0.05) is 30.7 Å². The molecule has 1 aliphatic heterocycles. The first-order chi connectivity index (χ1) is 9.46. The van der Waals surface area contributed by atoms with Gasteiger partial charge in [0.25, 0.3) is 5.69 Å². The molecule has 0 atom stereocenters. The van der Waals surface area contributed by atoms with Crippen molar-refractivity contribution in [3.8, 4) is 0 Å². The third kappa shape index (κ3) is 2.87. The van der Waals surface area contributed by atoms with E-state index in [4.69, 9.17) is 5.84 Å². The van der Waals surface area contributed by atoms with E-state index < -0.39 is 14.9 Å². The second-order valence-electron chi connectivity index (χ2n) is 4.10. The highest BCUT2D eigenvalue weighted by Crippen LogP contribution is 2.28. The van der Waals surface area contributed by atoms with Crippen LogP contribution >= 0.6 is 11.8 Å². The lowest BCUT2D eigenvalue weighted by molar-refractivity contribution is -0.384. The van der Waals surface area contributed by atoms with Gasteiger partial charge >= 0.3 is 0 Å². The number of nitrogen functional groups attached to an aromatic ring is 1. The summed E-state index contributed by atoms with van der Waals surface area (Å²) in [5.74, 6) is 6.70. The predicted octanol–water partition coefficient (Wildman–Crippen LogP) is 0.618. The number of hydrogen-bond acceptors (Lipinski definition) is 7. The summed E-state index contributed by atoms with van der Waals surface area (Å²) < 4.78 is 26.2. The zero-order valence-electron chi connectivity index (χ0n) is 10.5. The molecule has 0 bridgehead atoms. The highest BCUT2D eigenvalue weighted by molar-refractivity contribution is 7.99. The number of benzene rings is 1.